The number of sulfonamides is 1. The quantitative estimate of drug-likeness (QED) is 0.840. The Balaban J connectivity index is 0.00000289. The molecule has 0 fully saturated rings. The van der Waals surface area contributed by atoms with E-state index in [1.165, 1.54) is 6.07 Å². The average molecular weight is 333 g/mol. The van der Waals surface area contributed by atoms with Crippen LogP contribution in [0.5, 0.6) is 0 Å². The molecular formula is C10H18Cl2N2O2S2. The molecule has 0 aliphatic heterocycles. The van der Waals surface area contributed by atoms with Gasteiger partial charge in [-0.1, -0.05) is 25.4 Å². The fourth-order valence-electron chi connectivity index (χ4n) is 1.50. The molecule has 18 heavy (non-hydrogen) atoms. The molecule has 8 heteroatoms. The summed E-state index contributed by atoms with van der Waals surface area (Å²) in [5, 5.41) is 0. The number of thiophene rings is 1. The van der Waals surface area contributed by atoms with E-state index in [1.54, 1.807) is 6.07 Å². The molecular weight excluding hydrogens is 315 g/mol. The Morgan fingerprint density at radius 3 is 2.28 bits per heavy atom. The zero-order chi connectivity index (χ0) is 13.1. The lowest BCUT2D eigenvalue weighted by Crippen LogP contribution is -2.52. The van der Waals surface area contributed by atoms with Crippen molar-refractivity contribution in [2.75, 3.05) is 6.54 Å². The molecule has 3 N–H and O–H groups in total. The molecule has 0 aliphatic rings. The van der Waals surface area contributed by atoms with Crippen LogP contribution in [0.25, 0.3) is 0 Å². The molecule has 106 valence electrons. The third kappa shape index (κ3) is 4.08. The maximum atomic E-state index is 12.1. The molecule has 0 radical (unpaired) electrons. The van der Waals surface area contributed by atoms with E-state index < -0.39 is 15.6 Å². The highest BCUT2D eigenvalue weighted by molar-refractivity contribution is 7.91. The molecule has 0 saturated carbocycles. The van der Waals surface area contributed by atoms with Crippen LogP contribution in [0, 0.1) is 0 Å². The van der Waals surface area contributed by atoms with Crippen molar-refractivity contribution in [3.8, 4) is 0 Å². The number of rotatable bonds is 6. The molecule has 0 aromatic carbocycles. The van der Waals surface area contributed by atoms with Crippen LogP contribution in [0.2, 0.25) is 4.34 Å². The van der Waals surface area contributed by atoms with E-state index >= 15 is 0 Å². The molecule has 0 bridgehead atoms. The topological polar surface area (TPSA) is 72.2 Å². The predicted octanol–water partition coefficient (Wildman–Crippen LogP) is 2.62. The minimum Gasteiger partial charge on any atom is -0.329 e. The SMILES string of the molecule is CCC(CC)(CN)NS(=O)(=O)c1ccc(Cl)s1.Cl. The van der Waals surface area contributed by atoms with Gasteiger partial charge in [-0.3, -0.25) is 0 Å². The summed E-state index contributed by atoms with van der Waals surface area (Å²) < 4.78 is 27.6. The van der Waals surface area contributed by atoms with E-state index in [0.29, 0.717) is 17.2 Å². The predicted molar refractivity (Wildman–Crippen MR) is 79.3 cm³/mol. The van der Waals surface area contributed by atoms with Gasteiger partial charge in [0, 0.05) is 12.1 Å². The number of hydrogen-bond acceptors (Lipinski definition) is 4. The largest absolute Gasteiger partial charge is 0.329 e. The molecule has 1 rings (SSSR count). The van der Waals surface area contributed by atoms with Crippen LogP contribution in [-0.2, 0) is 10.0 Å². The summed E-state index contributed by atoms with van der Waals surface area (Å²) >= 11 is 6.78. The van der Waals surface area contributed by atoms with Gasteiger partial charge >= 0.3 is 0 Å². The summed E-state index contributed by atoms with van der Waals surface area (Å²) in [6.45, 7) is 4.11. The molecule has 0 atom stereocenters. The average Bonchev–Trinajstić information content (AvgIpc) is 2.74. The number of halogens is 2. The minimum atomic E-state index is -3.53. The van der Waals surface area contributed by atoms with Crippen LogP contribution in [0.3, 0.4) is 0 Å². The van der Waals surface area contributed by atoms with Gasteiger partial charge < -0.3 is 5.73 Å². The van der Waals surface area contributed by atoms with Crippen molar-refractivity contribution in [3.63, 3.8) is 0 Å². The highest BCUT2D eigenvalue weighted by Gasteiger charge is 2.31. The second-order valence-electron chi connectivity index (χ2n) is 3.86. The van der Waals surface area contributed by atoms with E-state index in [-0.39, 0.29) is 23.2 Å². The number of nitrogens with two attached hydrogens (primary N) is 1. The first-order valence-electron chi connectivity index (χ1n) is 5.38. The molecule has 1 heterocycles. The maximum absolute atomic E-state index is 12.1. The van der Waals surface area contributed by atoms with Gasteiger partial charge in [-0.25, -0.2) is 13.1 Å². The highest BCUT2D eigenvalue weighted by atomic mass is 35.5. The van der Waals surface area contributed by atoms with E-state index in [0.717, 1.165) is 11.3 Å². The first kappa shape index (κ1) is 18.1. The maximum Gasteiger partial charge on any atom is 0.250 e. The first-order valence-corrected chi connectivity index (χ1v) is 8.06. The van der Waals surface area contributed by atoms with Gasteiger partial charge in [0.05, 0.1) is 4.34 Å². The summed E-state index contributed by atoms with van der Waals surface area (Å²) in [5.74, 6) is 0. The zero-order valence-electron chi connectivity index (χ0n) is 10.3. The summed E-state index contributed by atoms with van der Waals surface area (Å²) in [6, 6.07) is 3.07. The van der Waals surface area contributed by atoms with Crippen molar-refractivity contribution in [2.24, 2.45) is 5.73 Å². The van der Waals surface area contributed by atoms with Crippen LogP contribution < -0.4 is 10.5 Å². The normalized spacial score (nSPS) is 12.2. The Kier molecular flexibility index (Phi) is 7.13. The molecule has 0 aliphatic carbocycles. The smallest absolute Gasteiger partial charge is 0.250 e. The van der Waals surface area contributed by atoms with Crippen molar-refractivity contribution in [2.45, 2.75) is 36.4 Å². The summed E-state index contributed by atoms with van der Waals surface area (Å²) in [4.78, 5) is 0. The molecule has 1 aromatic heterocycles. The van der Waals surface area contributed by atoms with Crippen molar-refractivity contribution in [1.82, 2.24) is 4.72 Å². The lowest BCUT2D eigenvalue weighted by molar-refractivity contribution is 0.363. The lowest BCUT2D eigenvalue weighted by atomic mass is 9.95. The standard InChI is InChI=1S/C10H17ClN2O2S2.ClH/c1-3-10(4-2,7-12)13-17(14,15)9-6-5-8(11)16-9;/h5-6,13H,3-4,7,12H2,1-2H3;1H. The molecule has 0 unspecified atom stereocenters. The third-order valence-electron chi connectivity index (χ3n) is 2.91. The Labute approximate surface area is 123 Å². The van der Waals surface area contributed by atoms with Crippen LogP contribution in [0.1, 0.15) is 26.7 Å². The molecule has 4 nitrogen and oxygen atoms in total. The van der Waals surface area contributed by atoms with Gasteiger partial charge in [-0.2, -0.15) is 0 Å². The number of nitrogens with one attached hydrogen (secondary N) is 1. The zero-order valence-corrected chi connectivity index (χ0v) is 13.5. The van der Waals surface area contributed by atoms with Gasteiger partial charge in [0.2, 0.25) is 0 Å². The Hall–Kier alpha value is 0.150. The van der Waals surface area contributed by atoms with Gasteiger partial charge in [0.25, 0.3) is 10.0 Å². The minimum absolute atomic E-state index is 0. The van der Waals surface area contributed by atoms with Crippen LogP contribution in [-0.4, -0.2) is 20.5 Å². The lowest BCUT2D eigenvalue weighted by Gasteiger charge is -2.30. The van der Waals surface area contributed by atoms with Crippen molar-refractivity contribution >= 4 is 45.4 Å². The van der Waals surface area contributed by atoms with Gasteiger partial charge in [-0.05, 0) is 25.0 Å². The molecule has 0 saturated heterocycles. The van der Waals surface area contributed by atoms with Gasteiger partial charge in [-0.15, -0.1) is 23.7 Å². The van der Waals surface area contributed by atoms with E-state index in [9.17, 15) is 8.42 Å². The van der Waals surface area contributed by atoms with E-state index in [1.807, 2.05) is 13.8 Å². The van der Waals surface area contributed by atoms with Crippen LogP contribution in [0.15, 0.2) is 16.3 Å². The van der Waals surface area contributed by atoms with Gasteiger partial charge in [0.1, 0.15) is 4.21 Å². The summed E-state index contributed by atoms with van der Waals surface area (Å²) in [5.41, 5.74) is 5.10. The monoisotopic (exact) mass is 332 g/mol. The van der Waals surface area contributed by atoms with Crippen LogP contribution >= 0.6 is 35.3 Å². The molecule has 0 spiro atoms. The van der Waals surface area contributed by atoms with E-state index in [4.69, 9.17) is 17.3 Å². The van der Waals surface area contributed by atoms with Crippen LogP contribution in [0.4, 0.5) is 0 Å². The Morgan fingerprint density at radius 2 is 1.94 bits per heavy atom. The highest BCUT2D eigenvalue weighted by Crippen LogP contribution is 2.27. The van der Waals surface area contributed by atoms with Gasteiger partial charge in [0.15, 0.2) is 0 Å². The Bertz CT molecular complexity index is 462. The van der Waals surface area contributed by atoms with E-state index in [2.05, 4.69) is 4.72 Å². The fourth-order valence-corrected chi connectivity index (χ4v) is 4.54. The van der Waals surface area contributed by atoms with Crippen molar-refractivity contribution < 1.29 is 8.42 Å². The number of hydrogen-bond donors (Lipinski definition) is 2. The Morgan fingerprint density at radius 1 is 1.39 bits per heavy atom. The molecule has 1 aromatic rings. The fraction of sp³-hybridized carbons (Fsp3) is 0.600. The second-order valence-corrected chi connectivity index (χ2v) is 7.48. The summed E-state index contributed by atoms with van der Waals surface area (Å²) in [7, 11) is -3.53. The van der Waals surface area contributed by atoms with Crippen molar-refractivity contribution in [1.29, 1.82) is 0 Å². The second kappa shape index (κ2) is 7.07. The third-order valence-corrected chi connectivity index (χ3v) is 6.21. The van der Waals surface area contributed by atoms with Crippen molar-refractivity contribution in [3.05, 3.63) is 16.5 Å². The molecule has 0 amide bonds. The summed E-state index contributed by atoms with van der Waals surface area (Å²) in [6.07, 6.45) is 1.30. The first-order chi connectivity index (χ1) is 7.89.